The molecule has 0 rings (SSSR count). The lowest BCUT2D eigenvalue weighted by Crippen LogP contribution is -2.64. The maximum Gasteiger partial charge on any atom is 0.420 e. The number of thiol groups is 1. The van der Waals surface area contributed by atoms with E-state index >= 15 is 0 Å². The number of nitrogens with one attached hydrogen (secondary N) is 1. The maximum absolute atomic E-state index is 12.4. The average Bonchev–Trinajstić information content (AvgIpc) is 2.10. The van der Waals surface area contributed by atoms with Gasteiger partial charge in [-0.25, -0.2) is 4.79 Å². The van der Waals surface area contributed by atoms with Crippen molar-refractivity contribution in [3.8, 4) is 0 Å². The van der Waals surface area contributed by atoms with Crippen LogP contribution in [-0.4, -0.2) is 44.6 Å². The van der Waals surface area contributed by atoms with Crippen LogP contribution in [0.25, 0.3) is 0 Å². The maximum atomic E-state index is 12.4. The molecular weight excluding hydrogens is 319 g/mol. The van der Waals surface area contributed by atoms with Crippen molar-refractivity contribution < 1.29 is 33.0 Å². The van der Waals surface area contributed by atoms with Gasteiger partial charge < -0.3 is 15.5 Å². The highest BCUT2D eigenvalue weighted by Gasteiger charge is 2.61. The Morgan fingerprint density at radius 3 is 2.06 bits per heavy atom. The summed E-state index contributed by atoms with van der Waals surface area (Å²) in [5.74, 6) is -2.03. The number of amides is 1. The molecule has 0 saturated carbocycles. The van der Waals surface area contributed by atoms with Crippen LogP contribution in [0.3, 0.4) is 0 Å². The third-order valence-electron chi connectivity index (χ3n) is 1.69. The van der Waals surface area contributed by atoms with E-state index in [9.17, 15) is 27.9 Å². The Balaban J connectivity index is 5.29. The normalized spacial score (nSPS) is 17.4. The van der Waals surface area contributed by atoms with Crippen LogP contribution in [-0.2, 0) is 4.79 Å². The van der Waals surface area contributed by atoms with Gasteiger partial charge in [-0.3, -0.25) is 4.79 Å². The van der Waals surface area contributed by atoms with Crippen molar-refractivity contribution in [1.29, 1.82) is 0 Å². The Kier molecular flexibility index (Phi) is 5.08. The lowest BCUT2D eigenvalue weighted by atomic mass is 9.96. The van der Waals surface area contributed by atoms with Crippen LogP contribution < -0.4 is 5.32 Å². The minimum atomic E-state index is -5.23. The number of halogens is 4. The molecule has 1 amide bonds. The molecule has 10 heteroatoms. The predicted molar refractivity (Wildman–Crippen MR) is 53.7 cm³/mol. The van der Waals surface area contributed by atoms with Gasteiger partial charge in [-0.15, -0.1) is 0 Å². The summed E-state index contributed by atoms with van der Waals surface area (Å²) < 4.78 is 37.3. The Morgan fingerprint density at radius 2 is 1.88 bits per heavy atom. The largest absolute Gasteiger partial charge is 0.480 e. The van der Waals surface area contributed by atoms with Crippen LogP contribution in [0.2, 0.25) is 0 Å². The third kappa shape index (κ3) is 3.25. The summed E-state index contributed by atoms with van der Waals surface area (Å²) in [6.45, 7) is 0. The minimum Gasteiger partial charge on any atom is -0.480 e. The number of alkyl halides is 4. The van der Waals surface area contributed by atoms with Crippen molar-refractivity contribution in [2.24, 2.45) is 0 Å². The van der Waals surface area contributed by atoms with Gasteiger partial charge in [0.1, 0.15) is 0 Å². The molecule has 5 nitrogen and oxygen atoms in total. The van der Waals surface area contributed by atoms with Crippen LogP contribution in [0.5, 0.6) is 0 Å². The first-order valence-electron chi connectivity index (χ1n) is 3.63. The fraction of sp³-hybridized carbons (Fsp3) is 0.667. The van der Waals surface area contributed by atoms with Gasteiger partial charge in [-0.1, -0.05) is 28.6 Å². The molecule has 0 saturated heterocycles. The molecule has 0 aromatic rings. The van der Waals surface area contributed by atoms with Crippen molar-refractivity contribution >= 4 is 39.8 Å². The summed E-state index contributed by atoms with van der Waals surface area (Å²) in [4.78, 5) is 21.0. The highest BCUT2D eigenvalue weighted by Crippen LogP contribution is 2.35. The molecule has 94 valence electrons. The van der Waals surface area contributed by atoms with E-state index in [2.05, 4.69) is 28.6 Å². The molecule has 0 spiro atoms. The first kappa shape index (κ1) is 15.5. The zero-order chi connectivity index (χ0) is 13.1. The molecule has 3 N–H and O–H groups in total. The first-order chi connectivity index (χ1) is 7.06. The number of carbonyl (C=O) groups is 2. The van der Waals surface area contributed by atoms with Gasteiger partial charge in [-0.05, 0) is 0 Å². The summed E-state index contributed by atoms with van der Waals surface area (Å²) in [6, 6.07) is -2.54. The highest BCUT2D eigenvalue weighted by molar-refractivity contribution is 9.09. The van der Waals surface area contributed by atoms with Gasteiger partial charge in [0.2, 0.25) is 5.60 Å². The van der Waals surface area contributed by atoms with Crippen molar-refractivity contribution in [2.75, 3.05) is 5.33 Å². The number of carboxylic acid groups (broad SMARTS) is 1. The van der Waals surface area contributed by atoms with Gasteiger partial charge in [0.15, 0.2) is 6.04 Å². The Labute approximate surface area is 102 Å². The molecule has 2 unspecified atom stereocenters. The van der Waals surface area contributed by atoms with Crippen LogP contribution in [0.15, 0.2) is 0 Å². The smallest absolute Gasteiger partial charge is 0.420 e. The van der Waals surface area contributed by atoms with E-state index in [1.165, 1.54) is 5.32 Å². The number of hydrogen-bond donors (Lipinski definition) is 4. The van der Waals surface area contributed by atoms with Crippen LogP contribution in [0.4, 0.5) is 18.0 Å². The van der Waals surface area contributed by atoms with E-state index in [1.807, 2.05) is 0 Å². The Bertz CT molecular complexity index is 300. The molecule has 0 bridgehead atoms. The summed E-state index contributed by atoms with van der Waals surface area (Å²) in [6.07, 6.45) is -5.23. The molecular formula is C6H7BrF3NO4S. The second-order valence-corrected chi connectivity index (χ2v) is 3.74. The molecule has 0 aromatic carbocycles. The van der Waals surface area contributed by atoms with Gasteiger partial charge in [-0.2, -0.15) is 13.2 Å². The Morgan fingerprint density at radius 1 is 1.44 bits per heavy atom. The monoisotopic (exact) mass is 325 g/mol. The van der Waals surface area contributed by atoms with Crippen LogP contribution >= 0.6 is 28.6 Å². The van der Waals surface area contributed by atoms with Gasteiger partial charge in [0, 0.05) is 5.33 Å². The fourth-order valence-corrected chi connectivity index (χ4v) is 1.60. The second-order valence-electron chi connectivity index (χ2n) is 2.78. The average molecular weight is 326 g/mol. The van der Waals surface area contributed by atoms with Crippen LogP contribution in [0.1, 0.15) is 0 Å². The standard InChI is InChI=1S/C6H7BrF3NO4S/c7-1-5(15,6(8,9)10)2(3(12)13)11-4(14)16/h2,15H,1H2,(H,12,13)(H2,11,14,16). The number of carbonyl (C=O) groups excluding carboxylic acids is 1. The van der Waals surface area contributed by atoms with E-state index in [1.54, 1.807) is 0 Å². The van der Waals surface area contributed by atoms with Gasteiger partial charge in [0.25, 0.3) is 5.24 Å². The number of hydrogen-bond acceptors (Lipinski definition) is 3. The Hall–Kier alpha value is -0.480. The van der Waals surface area contributed by atoms with Gasteiger partial charge in [0.05, 0.1) is 0 Å². The van der Waals surface area contributed by atoms with Crippen molar-refractivity contribution in [1.82, 2.24) is 5.32 Å². The highest BCUT2D eigenvalue weighted by atomic mass is 79.9. The van der Waals surface area contributed by atoms with E-state index in [4.69, 9.17) is 5.11 Å². The van der Waals surface area contributed by atoms with E-state index in [0.717, 1.165) is 0 Å². The van der Waals surface area contributed by atoms with E-state index in [0.29, 0.717) is 0 Å². The molecule has 0 aliphatic heterocycles. The molecule has 0 radical (unpaired) electrons. The predicted octanol–water partition coefficient (Wildman–Crippen LogP) is 0.767. The zero-order valence-corrected chi connectivity index (χ0v) is 9.93. The quantitative estimate of drug-likeness (QED) is 0.454. The molecule has 0 aromatic heterocycles. The molecule has 2 atom stereocenters. The number of aliphatic hydroxyl groups is 1. The molecule has 16 heavy (non-hydrogen) atoms. The summed E-state index contributed by atoms with van der Waals surface area (Å²) in [5.41, 5.74) is -3.61. The first-order valence-corrected chi connectivity index (χ1v) is 5.20. The molecule has 0 fully saturated rings. The lowest BCUT2D eigenvalue weighted by Gasteiger charge is -2.33. The summed E-state index contributed by atoms with van der Waals surface area (Å²) >= 11 is 5.45. The van der Waals surface area contributed by atoms with Crippen molar-refractivity contribution in [3.05, 3.63) is 0 Å². The number of rotatable bonds is 4. The fourth-order valence-electron chi connectivity index (χ4n) is 0.825. The molecule has 0 aliphatic carbocycles. The SMILES string of the molecule is O=C(S)NC(C(=O)O)C(O)(CBr)C(F)(F)F. The third-order valence-corrected chi connectivity index (χ3v) is 2.67. The van der Waals surface area contributed by atoms with E-state index < -0.39 is 34.4 Å². The lowest BCUT2D eigenvalue weighted by molar-refractivity contribution is -0.259. The molecule has 0 aliphatic rings. The number of carboxylic acids is 1. The second kappa shape index (κ2) is 5.23. The van der Waals surface area contributed by atoms with Crippen molar-refractivity contribution in [2.45, 2.75) is 17.8 Å². The van der Waals surface area contributed by atoms with Crippen molar-refractivity contribution in [3.63, 3.8) is 0 Å². The van der Waals surface area contributed by atoms with Crippen LogP contribution in [0, 0.1) is 0 Å². The number of aliphatic carboxylic acids is 1. The topological polar surface area (TPSA) is 86.6 Å². The summed E-state index contributed by atoms with van der Waals surface area (Å²) in [7, 11) is 0. The summed E-state index contributed by atoms with van der Waals surface area (Å²) in [5, 5.41) is 16.8. The van der Waals surface area contributed by atoms with Gasteiger partial charge >= 0.3 is 12.1 Å². The molecule has 0 heterocycles. The minimum absolute atomic E-state index is 1.10. The van der Waals surface area contributed by atoms with E-state index in [-0.39, 0.29) is 0 Å². The zero-order valence-electron chi connectivity index (χ0n) is 7.45.